The molecule has 4 nitrogen and oxygen atoms in total. The van der Waals surface area contributed by atoms with Crippen molar-refractivity contribution in [2.45, 2.75) is 18.9 Å². The van der Waals surface area contributed by atoms with Gasteiger partial charge in [-0.25, -0.2) is 4.98 Å². The van der Waals surface area contributed by atoms with Crippen molar-refractivity contribution in [2.24, 2.45) is 0 Å². The molecule has 0 aliphatic rings. The van der Waals surface area contributed by atoms with Gasteiger partial charge in [0.05, 0.1) is 11.7 Å². The van der Waals surface area contributed by atoms with Crippen molar-refractivity contribution in [1.82, 2.24) is 15.2 Å². The van der Waals surface area contributed by atoms with Crippen molar-refractivity contribution < 1.29 is 4.79 Å². The van der Waals surface area contributed by atoms with Crippen LogP contribution in [0.5, 0.6) is 0 Å². The first-order valence-corrected chi connectivity index (χ1v) is 10.4. The van der Waals surface area contributed by atoms with Crippen molar-refractivity contribution in [3.8, 4) is 10.6 Å². The SMILES string of the molecule is CN(C)C(CNC(=O)CCc1csc(-c2ccccc2)n1)c1cccs1. The molecule has 0 saturated carbocycles. The highest BCUT2D eigenvalue weighted by Gasteiger charge is 2.16. The van der Waals surface area contributed by atoms with E-state index in [2.05, 4.69) is 38.8 Å². The molecule has 0 radical (unpaired) electrons. The zero-order chi connectivity index (χ0) is 18.4. The van der Waals surface area contributed by atoms with E-state index < -0.39 is 0 Å². The highest BCUT2D eigenvalue weighted by Crippen LogP contribution is 2.24. The van der Waals surface area contributed by atoms with Crippen LogP contribution in [0.4, 0.5) is 0 Å². The summed E-state index contributed by atoms with van der Waals surface area (Å²) in [4.78, 5) is 20.3. The smallest absolute Gasteiger partial charge is 0.220 e. The molecule has 1 aromatic carbocycles. The van der Waals surface area contributed by atoms with E-state index in [4.69, 9.17) is 0 Å². The monoisotopic (exact) mass is 385 g/mol. The molecule has 1 unspecified atom stereocenters. The van der Waals surface area contributed by atoms with Crippen molar-refractivity contribution in [3.63, 3.8) is 0 Å². The Labute approximate surface area is 162 Å². The highest BCUT2D eigenvalue weighted by atomic mass is 32.1. The summed E-state index contributed by atoms with van der Waals surface area (Å²) in [6.45, 7) is 0.624. The average molecular weight is 386 g/mol. The number of nitrogens with zero attached hydrogens (tertiary/aromatic N) is 2. The number of likely N-dealkylation sites (N-methyl/N-ethyl adjacent to an activating group) is 1. The van der Waals surface area contributed by atoms with Gasteiger partial charge in [0, 0.05) is 28.8 Å². The van der Waals surface area contributed by atoms with Crippen LogP contribution in [0.3, 0.4) is 0 Å². The van der Waals surface area contributed by atoms with Gasteiger partial charge in [-0.15, -0.1) is 22.7 Å². The maximum Gasteiger partial charge on any atom is 0.220 e. The number of carbonyl (C=O) groups excluding carboxylic acids is 1. The lowest BCUT2D eigenvalue weighted by molar-refractivity contribution is -0.121. The number of carbonyl (C=O) groups is 1. The molecule has 0 fully saturated rings. The summed E-state index contributed by atoms with van der Waals surface area (Å²) in [5.41, 5.74) is 2.10. The van der Waals surface area contributed by atoms with E-state index in [0.717, 1.165) is 16.3 Å². The molecule has 0 aliphatic carbocycles. The number of hydrogen-bond acceptors (Lipinski definition) is 5. The Hall–Kier alpha value is -2.02. The first kappa shape index (κ1) is 18.8. The van der Waals surface area contributed by atoms with Crippen LogP contribution in [0.25, 0.3) is 10.6 Å². The molecule has 1 atom stereocenters. The van der Waals surface area contributed by atoms with Gasteiger partial charge in [-0.1, -0.05) is 36.4 Å². The minimum absolute atomic E-state index is 0.0719. The molecule has 3 rings (SSSR count). The van der Waals surface area contributed by atoms with Crippen LogP contribution in [0.2, 0.25) is 0 Å². The second-order valence-corrected chi connectivity index (χ2v) is 8.15. The summed E-state index contributed by atoms with van der Waals surface area (Å²) in [5.74, 6) is 0.0719. The van der Waals surface area contributed by atoms with Gasteiger partial charge in [0.25, 0.3) is 0 Å². The average Bonchev–Trinajstić information content (AvgIpc) is 3.33. The zero-order valence-electron chi connectivity index (χ0n) is 15.0. The number of aromatic nitrogens is 1. The lowest BCUT2D eigenvalue weighted by Crippen LogP contribution is -2.34. The normalized spacial score (nSPS) is 12.3. The Morgan fingerprint density at radius 2 is 1.96 bits per heavy atom. The third-order valence-electron chi connectivity index (χ3n) is 4.17. The quantitative estimate of drug-likeness (QED) is 0.631. The second-order valence-electron chi connectivity index (χ2n) is 6.31. The van der Waals surface area contributed by atoms with Crippen LogP contribution in [0.1, 0.15) is 23.0 Å². The molecule has 6 heteroatoms. The number of amides is 1. The number of rotatable bonds is 8. The molecule has 26 heavy (non-hydrogen) atoms. The largest absolute Gasteiger partial charge is 0.354 e. The van der Waals surface area contributed by atoms with E-state index in [1.165, 1.54) is 4.88 Å². The van der Waals surface area contributed by atoms with Gasteiger partial charge < -0.3 is 10.2 Å². The molecule has 0 saturated heterocycles. The molecule has 136 valence electrons. The Bertz CT molecular complexity index is 813. The van der Waals surface area contributed by atoms with E-state index in [1.807, 2.05) is 43.7 Å². The van der Waals surface area contributed by atoms with Gasteiger partial charge in [0.15, 0.2) is 0 Å². The molecule has 1 N–H and O–H groups in total. The van der Waals surface area contributed by atoms with Crippen LogP contribution in [-0.4, -0.2) is 36.4 Å². The predicted octanol–water partition coefficient (Wildman–Crippen LogP) is 4.22. The molecule has 2 heterocycles. The number of thiazole rings is 1. The predicted molar refractivity (Wildman–Crippen MR) is 110 cm³/mol. The minimum atomic E-state index is 0.0719. The first-order valence-electron chi connectivity index (χ1n) is 8.60. The summed E-state index contributed by atoms with van der Waals surface area (Å²) in [5, 5.41) is 8.18. The maximum atomic E-state index is 12.2. The fourth-order valence-corrected chi connectivity index (χ4v) is 4.48. The van der Waals surface area contributed by atoms with Crippen LogP contribution in [-0.2, 0) is 11.2 Å². The number of nitrogens with one attached hydrogen (secondary N) is 1. The van der Waals surface area contributed by atoms with Gasteiger partial charge in [0.2, 0.25) is 5.91 Å². The summed E-state index contributed by atoms with van der Waals surface area (Å²) in [6.07, 6.45) is 1.13. The minimum Gasteiger partial charge on any atom is -0.354 e. The summed E-state index contributed by atoms with van der Waals surface area (Å²) >= 11 is 3.35. The lowest BCUT2D eigenvalue weighted by Gasteiger charge is -2.23. The van der Waals surface area contributed by atoms with Crippen LogP contribution in [0.15, 0.2) is 53.2 Å². The van der Waals surface area contributed by atoms with Crippen LogP contribution >= 0.6 is 22.7 Å². The van der Waals surface area contributed by atoms with Crippen molar-refractivity contribution in [1.29, 1.82) is 0 Å². The molecule has 0 bridgehead atoms. The fraction of sp³-hybridized carbons (Fsp3) is 0.300. The third kappa shape index (κ3) is 5.00. The topological polar surface area (TPSA) is 45.2 Å². The van der Waals surface area contributed by atoms with Gasteiger partial charge in [-0.05, 0) is 32.0 Å². The van der Waals surface area contributed by atoms with E-state index in [9.17, 15) is 4.79 Å². The number of aryl methyl sites for hydroxylation is 1. The second kappa shape index (κ2) is 9.07. The molecular formula is C20H23N3OS2. The Morgan fingerprint density at radius 1 is 1.15 bits per heavy atom. The van der Waals surface area contributed by atoms with E-state index >= 15 is 0 Å². The standard InChI is InChI=1S/C20H23N3OS2/c1-23(2)17(18-9-6-12-25-18)13-21-19(24)11-10-16-14-26-20(22-16)15-7-4-3-5-8-15/h3-9,12,14,17H,10-11,13H2,1-2H3,(H,21,24). The van der Waals surface area contributed by atoms with Crippen molar-refractivity contribution in [2.75, 3.05) is 20.6 Å². The van der Waals surface area contributed by atoms with Gasteiger partial charge >= 0.3 is 0 Å². The number of thiophene rings is 1. The number of hydrogen-bond donors (Lipinski definition) is 1. The third-order valence-corrected chi connectivity index (χ3v) is 6.08. The van der Waals surface area contributed by atoms with Crippen LogP contribution in [0, 0.1) is 0 Å². The summed E-state index contributed by atoms with van der Waals surface area (Å²) < 4.78 is 0. The molecule has 2 aromatic heterocycles. The highest BCUT2D eigenvalue weighted by molar-refractivity contribution is 7.13. The zero-order valence-corrected chi connectivity index (χ0v) is 16.6. The first-order chi connectivity index (χ1) is 12.6. The molecule has 0 spiro atoms. The Kier molecular flexibility index (Phi) is 6.55. The molecular weight excluding hydrogens is 362 g/mol. The van der Waals surface area contributed by atoms with Gasteiger partial charge in [0.1, 0.15) is 5.01 Å². The Morgan fingerprint density at radius 3 is 2.65 bits per heavy atom. The fourth-order valence-electron chi connectivity index (χ4n) is 2.69. The molecule has 3 aromatic rings. The van der Waals surface area contributed by atoms with Crippen LogP contribution < -0.4 is 5.32 Å². The van der Waals surface area contributed by atoms with Gasteiger partial charge in [-0.3, -0.25) is 4.79 Å². The Balaban J connectivity index is 1.49. The summed E-state index contributed by atoms with van der Waals surface area (Å²) in [6, 6.07) is 14.5. The summed E-state index contributed by atoms with van der Waals surface area (Å²) in [7, 11) is 4.08. The van der Waals surface area contributed by atoms with E-state index in [0.29, 0.717) is 19.4 Å². The van der Waals surface area contributed by atoms with Crippen molar-refractivity contribution >= 4 is 28.6 Å². The maximum absolute atomic E-state index is 12.2. The van der Waals surface area contributed by atoms with Gasteiger partial charge in [-0.2, -0.15) is 0 Å². The van der Waals surface area contributed by atoms with E-state index in [1.54, 1.807) is 22.7 Å². The molecule has 1 amide bonds. The van der Waals surface area contributed by atoms with Crippen molar-refractivity contribution in [3.05, 3.63) is 63.8 Å². The number of benzene rings is 1. The molecule has 0 aliphatic heterocycles. The van der Waals surface area contributed by atoms with E-state index in [-0.39, 0.29) is 11.9 Å². The lowest BCUT2D eigenvalue weighted by atomic mass is 10.2.